The first kappa shape index (κ1) is 15.2. The zero-order valence-corrected chi connectivity index (χ0v) is 12.4. The molecule has 1 N–H and O–H groups in total. The summed E-state index contributed by atoms with van der Waals surface area (Å²) in [5, 5.41) is 5.49. The Labute approximate surface area is 114 Å². The summed E-state index contributed by atoms with van der Waals surface area (Å²) < 4.78 is 5.09. The number of rotatable bonds is 7. The highest BCUT2D eigenvalue weighted by Gasteiger charge is 2.24. The second-order valence-corrected chi connectivity index (χ2v) is 5.60. The topological polar surface area (TPSA) is 38.3 Å². The van der Waals surface area contributed by atoms with Crippen molar-refractivity contribution < 1.29 is 9.53 Å². The van der Waals surface area contributed by atoms with Gasteiger partial charge < -0.3 is 4.74 Å². The first-order valence-corrected chi connectivity index (χ1v) is 7.44. The molecule has 0 amide bonds. The highest BCUT2D eigenvalue weighted by molar-refractivity contribution is 7.10. The Morgan fingerprint density at radius 2 is 2.17 bits per heavy atom. The van der Waals surface area contributed by atoms with Crippen molar-refractivity contribution in [3.8, 4) is 0 Å². The van der Waals surface area contributed by atoms with Gasteiger partial charge in [-0.3, -0.25) is 10.1 Å². The molecule has 0 aliphatic heterocycles. The van der Waals surface area contributed by atoms with Gasteiger partial charge in [-0.2, -0.15) is 0 Å². The number of hydrogen-bond acceptors (Lipinski definition) is 4. The van der Waals surface area contributed by atoms with E-state index in [1.807, 2.05) is 19.9 Å². The SMILES string of the molecule is CCOC(=O)C(CC)NC(c1cccs1)C(C)C. The monoisotopic (exact) mass is 269 g/mol. The van der Waals surface area contributed by atoms with Crippen LogP contribution in [-0.2, 0) is 9.53 Å². The quantitative estimate of drug-likeness (QED) is 0.771. The molecule has 2 atom stereocenters. The predicted octanol–water partition coefficient (Wildman–Crippen LogP) is 3.38. The molecule has 0 aliphatic rings. The van der Waals surface area contributed by atoms with E-state index in [1.165, 1.54) is 4.88 Å². The summed E-state index contributed by atoms with van der Waals surface area (Å²) in [6.07, 6.45) is 0.743. The van der Waals surface area contributed by atoms with Crippen LogP contribution in [0, 0.1) is 5.92 Å². The minimum absolute atomic E-state index is 0.151. The number of carbonyl (C=O) groups excluding carboxylic acids is 1. The van der Waals surface area contributed by atoms with Crippen molar-refractivity contribution in [3.05, 3.63) is 22.4 Å². The van der Waals surface area contributed by atoms with Crippen molar-refractivity contribution in [3.63, 3.8) is 0 Å². The van der Waals surface area contributed by atoms with Crippen LogP contribution in [0.2, 0.25) is 0 Å². The minimum atomic E-state index is -0.223. The zero-order valence-electron chi connectivity index (χ0n) is 11.6. The molecule has 0 bridgehead atoms. The van der Waals surface area contributed by atoms with Crippen LogP contribution in [0.25, 0.3) is 0 Å². The summed E-state index contributed by atoms with van der Waals surface area (Å²) >= 11 is 1.72. The van der Waals surface area contributed by atoms with Crippen LogP contribution in [0.15, 0.2) is 17.5 Å². The molecule has 3 nitrogen and oxygen atoms in total. The second kappa shape index (κ2) is 7.54. The van der Waals surface area contributed by atoms with Gasteiger partial charge in [0.15, 0.2) is 0 Å². The molecule has 2 unspecified atom stereocenters. The zero-order chi connectivity index (χ0) is 13.5. The van der Waals surface area contributed by atoms with Crippen molar-refractivity contribution in [1.29, 1.82) is 0 Å². The Kier molecular flexibility index (Phi) is 6.36. The average Bonchev–Trinajstić information content (AvgIpc) is 2.83. The van der Waals surface area contributed by atoms with Gasteiger partial charge in [-0.25, -0.2) is 0 Å². The van der Waals surface area contributed by atoms with E-state index in [2.05, 4.69) is 30.6 Å². The molecule has 0 saturated carbocycles. The van der Waals surface area contributed by atoms with E-state index < -0.39 is 0 Å². The lowest BCUT2D eigenvalue weighted by Gasteiger charge is -2.26. The average molecular weight is 269 g/mol. The van der Waals surface area contributed by atoms with E-state index in [1.54, 1.807) is 11.3 Å². The highest BCUT2D eigenvalue weighted by atomic mass is 32.1. The lowest BCUT2D eigenvalue weighted by molar-refractivity contribution is -0.146. The van der Waals surface area contributed by atoms with Gasteiger partial charge in [-0.15, -0.1) is 11.3 Å². The Morgan fingerprint density at radius 3 is 2.61 bits per heavy atom. The maximum absolute atomic E-state index is 11.8. The smallest absolute Gasteiger partial charge is 0.323 e. The summed E-state index contributed by atoms with van der Waals surface area (Å²) in [6.45, 7) is 8.59. The van der Waals surface area contributed by atoms with Gasteiger partial charge >= 0.3 is 5.97 Å². The number of hydrogen-bond donors (Lipinski definition) is 1. The first-order valence-electron chi connectivity index (χ1n) is 6.56. The molecule has 0 spiro atoms. The summed E-state index contributed by atoms with van der Waals surface area (Å²) in [6, 6.07) is 4.14. The van der Waals surface area contributed by atoms with Crippen LogP contribution in [0.5, 0.6) is 0 Å². The maximum Gasteiger partial charge on any atom is 0.323 e. The van der Waals surface area contributed by atoms with Crippen LogP contribution < -0.4 is 5.32 Å². The van der Waals surface area contributed by atoms with E-state index in [4.69, 9.17) is 4.74 Å². The number of nitrogens with one attached hydrogen (secondary N) is 1. The molecular formula is C14H23NO2S. The number of ether oxygens (including phenoxy) is 1. The Balaban J connectivity index is 2.73. The Hall–Kier alpha value is -0.870. The minimum Gasteiger partial charge on any atom is -0.465 e. The number of esters is 1. The molecule has 4 heteroatoms. The van der Waals surface area contributed by atoms with Gasteiger partial charge in [0, 0.05) is 10.9 Å². The van der Waals surface area contributed by atoms with Crippen LogP contribution >= 0.6 is 11.3 Å². The third kappa shape index (κ3) is 4.10. The lowest BCUT2D eigenvalue weighted by atomic mass is 10.0. The summed E-state index contributed by atoms with van der Waals surface area (Å²) in [4.78, 5) is 13.1. The van der Waals surface area contributed by atoms with E-state index in [0.717, 1.165) is 6.42 Å². The molecule has 1 aromatic heterocycles. The molecule has 0 fully saturated rings. The van der Waals surface area contributed by atoms with Crippen LogP contribution in [0.3, 0.4) is 0 Å². The summed E-state index contributed by atoms with van der Waals surface area (Å²) in [5.74, 6) is 0.286. The fraction of sp³-hybridized carbons (Fsp3) is 0.643. The van der Waals surface area contributed by atoms with Gasteiger partial charge in [-0.1, -0.05) is 26.8 Å². The molecule has 18 heavy (non-hydrogen) atoms. The maximum atomic E-state index is 11.8. The van der Waals surface area contributed by atoms with Gasteiger partial charge in [0.1, 0.15) is 6.04 Å². The molecule has 102 valence electrons. The van der Waals surface area contributed by atoms with Gasteiger partial charge in [0.2, 0.25) is 0 Å². The Morgan fingerprint density at radius 1 is 1.44 bits per heavy atom. The first-order chi connectivity index (χ1) is 8.60. The fourth-order valence-electron chi connectivity index (χ4n) is 1.88. The molecule has 0 saturated heterocycles. The Bertz CT molecular complexity index is 349. The van der Waals surface area contributed by atoms with E-state index >= 15 is 0 Å². The highest BCUT2D eigenvalue weighted by Crippen LogP contribution is 2.26. The molecule has 1 rings (SSSR count). The molecule has 0 aromatic carbocycles. The predicted molar refractivity (Wildman–Crippen MR) is 75.7 cm³/mol. The van der Waals surface area contributed by atoms with Crippen molar-refractivity contribution in [1.82, 2.24) is 5.32 Å². The van der Waals surface area contributed by atoms with Crippen molar-refractivity contribution in [2.75, 3.05) is 6.61 Å². The summed E-state index contributed by atoms with van der Waals surface area (Å²) in [7, 11) is 0. The fourth-order valence-corrected chi connectivity index (χ4v) is 2.84. The molecular weight excluding hydrogens is 246 g/mol. The largest absolute Gasteiger partial charge is 0.465 e. The molecule has 0 radical (unpaired) electrons. The van der Waals surface area contributed by atoms with Crippen LogP contribution in [0.1, 0.15) is 45.0 Å². The van der Waals surface area contributed by atoms with Gasteiger partial charge in [0.25, 0.3) is 0 Å². The van der Waals surface area contributed by atoms with Gasteiger partial charge in [-0.05, 0) is 30.7 Å². The molecule has 1 aromatic rings. The van der Waals surface area contributed by atoms with E-state index in [9.17, 15) is 4.79 Å². The standard InChI is InChI=1S/C14H23NO2S/c1-5-11(14(16)17-6-2)15-13(10(3)4)12-8-7-9-18-12/h7-11,13,15H,5-6H2,1-4H3. The van der Waals surface area contributed by atoms with Crippen LogP contribution in [-0.4, -0.2) is 18.6 Å². The molecule has 0 aliphatic carbocycles. The second-order valence-electron chi connectivity index (χ2n) is 4.62. The van der Waals surface area contributed by atoms with Crippen molar-refractivity contribution in [2.45, 2.75) is 46.2 Å². The number of carbonyl (C=O) groups is 1. The van der Waals surface area contributed by atoms with Crippen molar-refractivity contribution >= 4 is 17.3 Å². The van der Waals surface area contributed by atoms with E-state index in [-0.39, 0.29) is 18.1 Å². The van der Waals surface area contributed by atoms with Crippen LogP contribution in [0.4, 0.5) is 0 Å². The summed E-state index contributed by atoms with van der Waals surface area (Å²) in [5.41, 5.74) is 0. The normalized spacial score (nSPS) is 14.5. The third-order valence-electron chi connectivity index (χ3n) is 2.88. The van der Waals surface area contributed by atoms with Gasteiger partial charge in [0.05, 0.1) is 6.61 Å². The number of thiophene rings is 1. The molecule has 1 heterocycles. The van der Waals surface area contributed by atoms with Crippen molar-refractivity contribution in [2.24, 2.45) is 5.92 Å². The van der Waals surface area contributed by atoms with E-state index in [0.29, 0.717) is 12.5 Å². The third-order valence-corrected chi connectivity index (χ3v) is 3.83. The lowest BCUT2D eigenvalue weighted by Crippen LogP contribution is -2.41.